The van der Waals surface area contributed by atoms with Crippen molar-refractivity contribution in [1.82, 2.24) is 20.1 Å². The summed E-state index contributed by atoms with van der Waals surface area (Å²) >= 11 is 0. The molecule has 0 saturated heterocycles. The van der Waals surface area contributed by atoms with Crippen molar-refractivity contribution < 1.29 is 14.3 Å². The van der Waals surface area contributed by atoms with Crippen molar-refractivity contribution >= 4 is 22.9 Å². The molecule has 140 valence electrons. The lowest BCUT2D eigenvalue weighted by atomic mass is 10.0. The second kappa shape index (κ2) is 7.99. The first-order chi connectivity index (χ1) is 13.0. The van der Waals surface area contributed by atoms with Crippen LogP contribution in [0.4, 0.5) is 0 Å². The lowest BCUT2D eigenvalue weighted by molar-refractivity contribution is -0.143. The first-order valence-corrected chi connectivity index (χ1v) is 8.81. The van der Waals surface area contributed by atoms with Crippen LogP contribution in [0.25, 0.3) is 22.2 Å². The molecule has 2 aromatic heterocycles. The van der Waals surface area contributed by atoms with Crippen LogP contribution in [0, 0.1) is 13.8 Å². The van der Waals surface area contributed by atoms with E-state index in [1.165, 1.54) is 5.56 Å². The number of esters is 1. The summed E-state index contributed by atoms with van der Waals surface area (Å²) in [6.07, 6.45) is 1.71. The Kier molecular flexibility index (Phi) is 5.49. The van der Waals surface area contributed by atoms with Crippen LogP contribution in [0.2, 0.25) is 0 Å². The van der Waals surface area contributed by atoms with Gasteiger partial charge in [0.2, 0.25) is 5.91 Å². The van der Waals surface area contributed by atoms with Crippen LogP contribution in [-0.2, 0) is 20.9 Å². The van der Waals surface area contributed by atoms with Gasteiger partial charge in [-0.15, -0.1) is 0 Å². The maximum atomic E-state index is 12.2. The Balaban J connectivity index is 1.86. The van der Waals surface area contributed by atoms with Gasteiger partial charge in [-0.3, -0.25) is 9.59 Å². The largest absolute Gasteiger partial charge is 0.465 e. The van der Waals surface area contributed by atoms with Crippen LogP contribution in [0.1, 0.15) is 18.2 Å². The molecule has 0 fully saturated rings. The summed E-state index contributed by atoms with van der Waals surface area (Å²) in [5, 5.41) is 7.93. The van der Waals surface area contributed by atoms with Crippen molar-refractivity contribution in [1.29, 1.82) is 0 Å². The van der Waals surface area contributed by atoms with Gasteiger partial charge in [0, 0.05) is 11.6 Å². The van der Waals surface area contributed by atoms with E-state index in [0.29, 0.717) is 5.65 Å². The third-order valence-corrected chi connectivity index (χ3v) is 4.20. The van der Waals surface area contributed by atoms with Crippen LogP contribution in [-0.4, -0.2) is 39.8 Å². The molecule has 7 nitrogen and oxygen atoms in total. The standard InChI is InChI=1S/C20H22N4O3/c1-4-27-18(26)11-22-17(25)12-24-20-19(14(3)23-24)16(9-10-21-20)15-7-5-13(2)6-8-15/h5-10H,4,11-12H2,1-3H3,(H,22,25). The Bertz CT molecular complexity index is 977. The maximum absolute atomic E-state index is 12.2. The molecule has 3 aromatic rings. The number of pyridine rings is 1. The van der Waals surface area contributed by atoms with Gasteiger partial charge in [-0.2, -0.15) is 5.10 Å². The highest BCUT2D eigenvalue weighted by atomic mass is 16.5. The number of nitrogens with zero attached hydrogens (tertiary/aromatic N) is 3. The number of nitrogens with one attached hydrogen (secondary N) is 1. The molecule has 27 heavy (non-hydrogen) atoms. The first-order valence-electron chi connectivity index (χ1n) is 8.81. The molecule has 1 N–H and O–H groups in total. The zero-order valence-corrected chi connectivity index (χ0v) is 15.7. The van der Waals surface area contributed by atoms with E-state index in [0.717, 1.165) is 22.2 Å². The summed E-state index contributed by atoms with van der Waals surface area (Å²) < 4.78 is 6.36. The Labute approximate surface area is 157 Å². The molecule has 0 aliphatic heterocycles. The average Bonchev–Trinajstić information content (AvgIpc) is 2.97. The summed E-state index contributed by atoms with van der Waals surface area (Å²) in [6, 6.07) is 10.2. The highest BCUT2D eigenvalue weighted by Crippen LogP contribution is 2.29. The van der Waals surface area contributed by atoms with Crippen LogP contribution >= 0.6 is 0 Å². The lowest BCUT2D eigenvalue weighted by Crippen LogP contribution is -2.33. The van der Waals surface area contributed by atoms with E-state index < -0.39 is 5.97 Å². The summed E-state index contributed by atoms with van der Waals surface area (Å²) in [5.74, 6) is -0.790. The van der Waals surface area contributed by atoms with Crippen molar-refractivity contribution in [2.75, 3.05) is 13.2 Å². The molecule has 2 heterocycles. The van der Waals surface area contributed by atoms with Gasteiger partial charge in [0.1, 0.15) is 13.1 Å². The number of aryl methyl sites for hydroxylation is 2. The molecule has 0 atom stereocenters. The lowest BCUT2D eigenvalue weighted by Gasteiger charge is -2.07. The van der Waals surface area contributed by atoms with E-state index in [9.17, 15) is 9.59 Å². The quantitative estimate of drug-likeness (QED) is 0.677. The molecule has 0 spiro atoms. The number of amides is 1. The van der Waals surface area contributed by atoms with Crippen molar-refractivity contribution in [3.05, 3.63) is 47.8 Å². The molecular weight excluding hydrogens is 344 g/mol. The van der Waals surface area contributed by atoms with E-state index in [4.69, 9.17) is 4.74 Å². The minimum Gasteiger partial charge on any atom is -0.465 e. The van der Waals surface area contributed by atoms with Gasteiger partial charge in [0.05, 0.1) is 12.3 Å². The van der Waals surface area contributed by atoms with Crippen molar-refractivity contribution in [3.63, 3.8) is 0 Å². The molecule has 7 heteroatoms. The highest BCUT2D eigenvalue weighted by molar-refractivity contribution is 5.95. The van der Waals surface area contributed by atoms with Gasteiger partial charge >= 0.3 is 5.97 Å². The van der Waals surface area contributed by atoms with Crippen molar-refractivity contribution in [2.24, 2.45) is 0 Å². The Morgan fingerprint density at radius 1 is 1.15 bits per heavy atom. The second-order valence-electron chi connectivity index (χ2n) is 6.25. The number of benzene rings is 1. The first kappa shape index (κ1) is 18.6. The number of hydrogen-bond acceptors (Lipinski definition) is 5. The number of ether oxygens (including phenoxy) is 1. The fourth-order valence-electron chi connectivity index (χ4n) is 2.94. The molecule has 0 radical (unpaired) electrons. The Morgan fingerprint density at radius 2 is 1.89 bits per heavy atom. The van der Waals surface area contributed by atoms with Crippen LogP contribution < -0.4 is 5.32 Å². The summed E-state index contributed by atoms with van der Waals surface area (Å²) in [5.41, 5.74) is 4.72. The van der Waals surface area contributed by atoms with E-state index in [2.05, 4.69) is 39.7 Å². The second-order valence-corrected chi connectivity index (χ2v) is 6.25. The fourth-order valence-corrected chi connectivity index (χ4v) is 2.94. The molecule has 3 rings (SSSR count). The van der Waals surface area contributed by atoms with Gasteiger partial charge in [0.25, 0.3) is 0 Å². The normalized spacial score (nSPS) is 10.8. The van der Waals surface area contributed by atoms with Gasteiger partial charge in [-0.05, 0) is 38.0 Å². The predicted molar refractivity (Wildman–Crippen MR) is 102 cm³/mol. The van der Waals surface area contributed by atoms with Gasteiger partial charge in [-0.25, -0.2) is 9.67 Å². The number of aromatic nitrogens is 3. The zero-order valence-electron chi connectivity index (χ0n) is 15.7. The fraction of sp³-hybridized carbons (Fsp3) is 0.300. The van der Waals surface area contributed by atoms with Crippen LogP contribution in [0.5, 0.6) is 0 Å². The van der Waals surface area contributed by atoms with Gasteiger partial charge in [0.15, 0.2) is 5.65 Å². The third-order valence-electron chi connectivity index (χ3n) is 4.20. The molecule has 1 amide bonds. The SMILES string of the molecule is CCOC(=O)CNC(=O)Cn1nc(C)c2c(-c3ccc(C)cc3)ccnc21. The van der Waals surface area contributed by atoms with Crippen molar-refractivity contribution in [3.8, 4) is 11.1 Å². The van der Waals surface area contributed by atoms with Gasteiger partial charge in [-0.1, -0.05) is 29.8 Å². The third kappa shape index (κ3) is 4.13. The number of carbonyl (C=O) groups is 2. The monoisotopic (exact) mass is 366 g/mol. The number of hydrogen-bond donors (Lipinski definition) is 1. The topological polar surface area (TPSA) is 86.1 Å². The number of fused-ring (bicyclic) bond motifs is 1. The molecule has 0 unspecified atom stereocenters. The van der Waals surface area contributed by atoms with Crippen LogP contribution in [0.3, 0.4) is 0 Å². The maximum Gasteiger partial charge on any atom is 0.325 e. The number of carbonyl (C=O) groups excluding carboxylic acids is 2. The molecule has 0 aliphatic rings. The zero-order chi connectivity index (χ0) is 19.4. The smallest absolute Gasteiger partial charge is 0.325 e. The molecule has 0 bridgehead atoms. The van der Waals surface area contributed by atoms with E-state index >= 15 is 0 Å². The van der Waals surface area contributed by atoms with E-state index in [-0.39, 0.29) is 25.6 Å². The van der Waals surface area contributed by atoms with Crippen LogP contribution in [0.15, 0.2) is 36.5 Å². The molecule has 0 aliphatic carbocycles. The molecule has 1 aromatic carbocycles. The highest BCUT2D eigenvalue weighted by Gasteiger charge is 2.16. The summed E-state index contributed by atoms with van der Waals surface area (Å²) in [6.45, 7) is 5.76. The van der Waals surface area contributed by atoms with E-state index in [1.54, 1.807) is 17.8 Å². The van der Waals surface area contributed by atoms with Gasteiger partial charge < -0.3 is 10.1 Å². The minimum atomic E-state index is -0.466. The molecular formula is C20H22N4O3. The Morgan fingerprint density at radius 3 is 2.59 bits per heavy atom. The van der Waals surface area contributed by atoms with Crippen molar-refractivity contribution in [2.45, 2.75) is 27.3 Å². The summed E-state index contributed by atoms with van der Waals surface area (Å²) in [4.78, 5) is 27.9. The molecule has 0 saturated carbocycles. The summed E-state index contributed by atoms with van der Waals surface area (Å²) in [7, 11) is 0. The average molecular weight is 366 g/mol. The van der Waals surface area contributed by atoms with E-state index in [1.807, 2.05) is 19.9 Å². The Hall–Kier alpha value is -3.22. The minimum absolute atomic E-state index is 0.0197. The number of rotatable bonds is 6. The predicted octanol–water partition coefficient (Wildman–Crippen LogP) is 2.39.